The number of nitrogens with one attached hydrogen (secondary N) is 2. The average molecular weight is 189 g/mol. The Balaban J connectivity index is 2.03. The summed E-state index contributed by atoms with van der Waals surface area (Å²) < 4.78 is 0. The van der Waals surface area contributed by atoms with Crippen molar-refractivity contribution in [2.45, 2.75) is 12.8 Å². The van der Waals surface area contributed by atoms with Crippen LogP contribution in [-0.4, -0.2) is 25.8 Å². The maximum absolute atomic E-state index is 4.24. The van der Waals surface area contributed by atoms with Gasteiger partial charge in [0.05, 0.1) is 0 Å². The summed E-state index contributed by atoms with van der Waals surface area (Å²) >= 11 is 0. The SMILES string of the molecule is C1=NC=C2CNCC3CCCNC3=C12. The van der Waals surface area contributed by atoms with Gasteiger partial charge in [-0.05, 0) is 18.4 Å². The number of nitrogens with zero attached hydrogens (tertiary/aromatic N) is 1. The first-order valence-corrected chi connectivity index (χ1v) is 5.36. The molecule has 1 atom stereocenters. The lowest BCUT2D eigenvalue weighted by molar-refractivity contribution is 0.430. The maximum atomic E-state index is 4.24. The van der Waals surface area contributed by atoms with Crippen molar-refractivity contribution in [2.75, 3.05) is 19.6 Å². The van der Waals surface area contributed by atoms with Crippen LogP contribution in [-0.2, 0) is 0 Å². The van der Waals surface area contributed by atoms with Crippen molar-refractivity contribution >= 4 is 6.21 Å². The molecular formula is C11H15N3. The second kappa shape index (κ2) is 3.24. The van der Waals surface area contributed by atoms with Gasteiger partial charge in [0.2, 0.25) is 0 Å². The molecule has 3 aliphatic rings. The molecule has 3 aliphatic heterocycles. The van der Waals surface area contributed by atoms with Crippen LogP contribution in [0.15, 0.2) is 28.0 Å². The zero-order valence-corrected chi connectivity index (χ0v) is 8.21. The predicted molar refractivity (Wildman–Crippen MR) is 57.2 cm³/mol. The highest BCUT2D eigenvalue weighted by molar-refractivity contribution is 5.89. The number of piperidine rings is 1. The zero-order chi connectivity index (χ0) is 9.38. The average Bonchev–Trinajstić information content (AvgIpc) is 2.61. The summed E-state index contributed by atoms with van der Waals surface area (Å²) in [6.07, 6.45) is 6.58. The third-order valence-electron chi connectivity index (χ3n) is 3.23. The van der Waals surface area contributed by atoms with Gasteiger partial charge in [-0.25, -0.2) is 0 Å². The fourth-order valence-electron chi connectivity index (χ4n) is 2.50. The molecule has 0 aliphatic carbocycles. The molecule has 0 amide bonds. The van der Waals surface area contributed by atoms with Crippen molar-refractivity contribution in [3.63, 3.8) is 0 Å². The molecule has 3 rings (SSSR count). The Morgan fingerprint density at radius 3 is 3.43 bits per heavy atom. The summed E-state index contributed by atoms with van der Waals surface area (Å²) in [6.45, 7) is 3.20. The van der Waals surface area contributed by atoms with E-state index in [9.17, 15) is 0 Å². The smallest absolute Gasteiger partial charge is 0.0361 e. The number of aliphatic imine (C=N–C) groups is 1. The molecule has 0 aromatic heterocycles. The molecule has 3 heteroatoms. The highest BCUT2D eigenvalue weighted by atomic mass is 15.0. The fourth-order valence-corrected chi connectivity index (χ4v) is 2.50. The van der Waals surface area contributed by atoms with E-state index in [2.05, 4.69) is 15.6 Å². The third-order valence-corrected chi connectivity index (χ3v) is 3.23. The van der Waals surface area contributed by atoms with Crippen molar-refractivity contribution in [1.82, 2.24) is 10.6 Å². The second-order valence-electron chi connectivity index (χ2n) is 4.16. The molecule has 0 spiro atoms. The van der Waals surface area contributed by atoms with E-state index < -0.39 is 0 Å². The minimum atomic E-state index is 0.675. The van der Waals surface area contributed by atoms with Crippen LogP contribution in [0.3, 0.4) is 0 Å². The van der Waals surface area contributed by atoms with Crippen LogP contribution in [0.25, 0.3) is 0 Å². The zero-order valence-electron chi connectivity index (χ0n) is 8.21. The third kappa shape index (κ3) is 1.20. The van der Waals surface area contributed by atoms with Crippen molar-refractivity contribution < 1.29 is 0 Å². The second-order valence-corrected chi connectivity index (χ2v) is 4.16. The number of fused-ring (bicyclic) bond motifs is 2. The Morgan fingerprint density at radius 2 is 2.43 bits per heavy atom. The van der Waals surface area contributed by atoms with Gasteiger partial charge < -0.3 is 10.6 Å². The normalized spacial score (nSPS) is 30.3. The van der Waals surface area contributed by atoms with Crippen molar-refractivity contribution in [3.8, 4) is 0 Å². The van der Waals surface area contributed by atoms with Gasteiger partial charge >= 0.3 is 0 Å². The van der Waals surface area contributed by atoms with E-state index in [1.54, 1.807) is 0 Å². The van der Waals surface area contributed by atoms with E-state index >= 15 is 0 Å². The molecule has 0 aromatic carbocycles. The topological polar surface area (TPSA) is 36.4 Å². The van der Waals surface area contributed by atoms with Gasteiger partial charge in [0, 0.05) is 49.2 Å². The first kappa shape index (κ1) is 8.24. The minimum Gasteiger partial charge on any atom is -0.388 e. The summed E-state index contributed by atoms with van der Waals surface area (Å²) in [4.78, 5) is 4.24. The van der Waals surface area contributed by atoms with Crippen molar-refractivity contribution in [1.29, 1.82) is 0 Å². The van der Waals surface area contributed by atoms with Gasteiger partial charge in [0.1, 0.15) is 0 Å². The van der Waals surface area contributed by atoms with Crippen LogP contribution in [0.4, 0.5) is 0 Å². The first-order chi connectivity index (χ1) is 6.95. The maximum Gasteiger partial charge on any atom is 0.0361 e. The molecule has 0 saturated carbocycles. The Morgan fingerprint density at radius 1 is 1.43 bits per heavy atom. The van der Waals surface area contributed by atoms with Crippen molar-refractivity contribution in [3.05, 3.63) is 23.0 Å². The molecule has 1 fully saturated rings. The van der Waals surface area contributed by atoms with Crippen LogP contribution in [0.2, 0.25) is 0 Å². The molecule has 14 heavy (non-hydrogen) atoms. The predicted octanol–water partition coefficient (Wildman–Crippen LogP) is 0.812. The Kier molecular flexibility index (Phi) is 1.91. The van der Waals surface area contributed by atoms with Crippen LogP contribution in [0.1, 0.15) is 12.8 Å². The van der Waals surface area contributed by atoms with Crippen LogP contribution in [0.5, 0.6) is 0 Å². The lowest BCUT2D eigenvalue weighted by Crippen LogP contribution is -2.33. The molecule has 1 saturated heterocycles. The molecule has 1 unspecified atom stereocenters. The van der Waals surface area contributed by atoms with Crippen LogP contribution >= 0.6 is 0 Å². The quantitative estimate of drug-likeness (QED) is 0.591. The summed E-state index contributed by atoms with van der Waals surface area (Å²) in [7, 11) is 0. The monoisotopic (exact) mass is 189 g/mol. The molecule has 3 nitrogen and oxygen atoms in total. The van der Waals surface area contributed by atoms with Gasteiger partial charge in [-0.3, -0.25) is 4.99 Å². The highest BCUT2D eigenvalue weighted by Crippen LogP contribution is 2.28. The summed E-state index contributed by atoms with van der Waals surface area (Å²) in [5.41, 5.74) is 4.12. The van der Waals surface area contributed by atoms with E-state index in [-0.39, 0.29) is 0 Å². The largest absolute Gasteiger partial charge is 0.388 e. The molecule has 0 radical (unpaired) electrons. The molecule has 74 valence electrons. The Labute approximate surface area is 84.0 Å². The minimum absolute atomic E-state index is 0.675. The van der Waals surface area contributed by atoms with Gasteiger partial charge in [0.25, 0.3) is 0 Å². The van der Waals surface area contributed by atoms with Crippen LogP contribution in [0, 0.1) is 5.92 Å². The van der Waals surface area contributed by atoms with E-state index in [0.717, 1.165) is 19.6 Å². The van der Waals surface area contributed by atoms with E-state index in [0.29, 0.717) is 5.92 Å². The summed E-state index contributed by atoms with van der Waals surface area (Å²) in [5.74, 6) is 0.675. The summed E-state index contributed by atoms with van der Waals surface area (Å²) in [5, 5.41) is 7.03. The lowest BCUT2D eigenvalue weighted by Gasteiger charge is -2.26. The highest BCUT2D eigenvalue weighted by Gasteiger charge is 2.26. The van der Waals surface area contributed by atoms with Crippen molar-refractivity contribution in [2.24, 2.45) is 10.9 Å². The summed E-state index contributed by atoms with van der Waals surface area (Å²) in [6, 6.07) is 0. The van der Waals surface area contributed by atoms with E-state index in [4.69, 9.17) is 0 Å². The molecule has 3 heterocycles. The molecule has 0 bridgehead atoms. The van der Waals surface area contributed by atoms with E-state index in [1.165, 1.54) is 29.7 Å². The van der Waals surface area contributed by atoms with Gasteiger partial charge in [-0.15, -0.1) is 0 Å². The van der Waals surface area contributed by atoms with Gasteiger partial charge in [-0.2, -0.15) is 0 Å². The number of rotatable bonds is 0. The van der Waals surface area contributed by atoms with Gasteiger partial charge in [0.15, 0.2) is 0 Å². The molecular weight excluding hydrogens is 174 g/mol. The molecule has 0 aromatic rings. The lowest BCUT2D eigenvalue weighted by atomic mass is 9.92. The van der Waals surface area contributed by atoms with Crippen LogP contribution < -0.4 is 10.6 Å². The fraction of sp³-hybridized carbons (Fsp3) is 0.545. The standard InChI is InChI=1S/C11H15N3/c1-2-8-4-12-5-9-6-13-7-10(9)11(8)14-3-1/h6-8,12,14H,1-5H2. The van der Waals surface area contributed by atoms with Gasteiger partial charge in [-0.1, -0.05) is 0 Å². The first-order valence-electron chi connectivity index (χ1n) is 5.36. The number of hydrogen-bond acceptors (Lipinski definition) is 3. The molecule has 2 N–H and O–H groups in total. The number of hydrogen-bond donors (Lipinski definition) is 2. The Hall–Kier alpha value is -1.09. The van der Waals surface area contributed by atoms with E-state index in [1.807, 2.05) is 12.4 Å². The Bertz CT molecular complexity index is 338.